The van der Waals surface area contributed by atoms with Crippen LogP contribution in [0.5, 0.6) is 5.88 Å². The number of rotatable bonds is 8. The third-order valence-corrected chi connectivity index (χ3v) is 6.08. The lowest BCUT2D eigenvalue weighted by Gasteiger charge is -2.32. The number of hydrogen-bond acceptors (Lipinski definition) is 8. The number of nitrogens with one attached hydrogen (secondary N) is 1. The molecule has 4 rings (SSSR count). The monoisotopic (exact) mass is 461 g/mol. The van der Waals surface area contributed by atoms with Crippen LogP contribution in [-0.2, 0) is 6.54 Å². The fourth-order valence-corrected chi connectivity index (χ4v) is 4.10. The Morgan fingerprint density at radius 2 is 1.82 bits per heavy atom. The summed E-state index contributed by atoms with van der Waals surface area (Å²) in [6.45, 7) is 5.74. The zero-order valence-electron chi connectivity index (χ0n) is 19.4. The maximum absolute atomic E-state index is 12.6. The highest BCUT2D eigenvalue weighted by Crippen LogP contribution is 2.26. The molecule has 0 atom stereocenters. The average molecular weight is 462 g/mol. The molecular weight excluding hydrogens is 430 g/mol. The maximum atomic E-state index is 12.6. The van der Waals surface area contributed by atoms with Crippen molar-refractivity contribution in [1.29, 1.82) is 0 Å². The second-order valence-corrected chi connectivity index (χ2v) is 8.50. The number of pyridine rings is 1. The van der Waals surface area contributed by atoms with Gasteiger partial charge in [-0.25, -0.2) is 15.0 Å². The largest absolute Gasteiger partial charge is 0.476 e. The molecule has 1 aromatic carbocycles. The van der Waals surface area contributed by atoms with Crippen LogP contribution in [0.3, 0.4) is 0 Å². The molecule has 1 saturated heterocycles. The number of aromatic nitrogens is 3. The molecule has 0 radical (unpaired) electrons. The van der Waals surface area contributed by atoms with Crippen LogP contribution in [0.2, 0.25) is 0 Å². The van der Waals surface area contributed by atoms with Crippen molar-refractivity contribution in [2.24, 2.45) is 5.92 Å². The van der Waals surface area contributed by atoms with Crippen molar-refractivity contribution < 1.29 is 9.53 Å². The van der Waals surface area contributed by atoms with E-state index in [0.29, 0.717) is 24.8 Å². The van der Waals surface area contributed by atoms with Crippen LogP contribution in [0.4, 0.5) is 11.4 Å². The predicted octanol–water partition coefficient (Wildman–Crippen LogP) is 2.74. The van der Waals surface area contributed by atoms with Crippen LogP contribution < -0.4 is 21.5 Å². The molecule has 1 aliphatic heterocycles. The summed E-state index contributed by atoms with van der Waals surface area (Å²) in [5.41, 5.74) is 16.0. The highest BCUT2D eigenvalue weighted by Gasteiger charge is 2.21. The summed E-state index contributed by atoms with van der Waals surface area (Å²) in [4.78, 5) is 27.4. The number of likely N-dealkylation sites (tertiary alicyclic amines) is 1. The minimum absolute atomic E-state index is 0.200. The summed E-state index contributed by atoms with van der Waals surface area (Å²) in [5.74, 6) is 0.364. The van der Waals surface area contributed by atoms with E-state index in [0.717, 1.165) is 43.6 Å². The molecule has 34 heavy (non-hydrogen) atoms. The predicted molar refractivity (Wildman–Crippen MR) is 132 cm³/mol. The average Bonchev–Trinajstić information content (AvgIpc) is 2.87. The number of carbonyl (C=O) groups is 1. The number of nitrogen functional groups attached to an aromatic ring is 2. The molecule has 3 heterocycles. The quantitative estimate of drug-likeness (QED) is 0.466. The van der Waals surface area contributed by atoms with Gasteiger partial charge in [-0.05, 0) is 56.0 Å². The SMILES string of the molecule is CCOc1nc(C(=O)NCC2CCN(Cc3ccc(-c4cncnc4)cc3)CC2)cc(N)c1N. The van der Waals surface area contributed by atoms with Crippen molar-refractivity contribution >= 4 is 17.3 Å². The molecule has 5 N–H and O–H groups in total. The summed E-state index contributed by atoms with van der Waals surface area (Å²) in [6, 6.07) is 10.1. The van der Waals surface area contributed by atoms with Gasteiger partial charge in [-0.2, -0.15) is 0 Å². The standard InChI is InChI=1S/C25H31N7O2/c1-2-34-25-23(27)21(26)11-22(31-25)24(33)30-12-17-7-9-32(10-8-17)15-18-3-5-19(6-4-18)20-13-28-16-29-14-20/h3-6,11,13-14,16-17H,2,7-10,12,15,27H2,1H3,(H2,26,31)(H,30,33). The smallest absolute Gasteiger partial charge is 0.270 e. The Balaban J connectivity index is 1.24. The van der Waals surface area contributed by atoms with Gasteiger partial charge >= 0.3 is 0 Å². The van der Waals surface area contributed by atoms with E-state index in [2.05, 4.69) is 49.4 Å². The number of hydrogen-bond donors (Lipinski definition) is 3. The van der Waals surface area contributed by atoms with Gasteiger partial charge in [0.05, 0.1) is 12.3 Å². The molecule has 0 spiro atoms. The fraction of sp³-hybridized carbons (Fsp3) is 0.360. The Hall–Kier alpha value is -3.72. The highest BCUT2D eigenvalue weighted by molar-refractivity contribution is 5.94. The van der Waals surface area contributed by atoms with Crippen molar-refractivity contribution in [3.05, 3.63) is 60.3 Å². The number of amides is 1. The van der Waals surface area contributed by atoms with Crippen molar-refractivity contribution in [1.82, 2.24) is 25.2 Å². The molecule has 1 amide bonds. The number of nitrogens with zero attached hydrogens (tertiary/aromatic N) is 4. The summed E-state index contributed by atoms with van der Waals surface area (Å²) < 4.78 is 5.39. The van der Waals surface area contributed by atoms with Crippen LogP contribution >= 0.6 is 0 Å². The number of piperidine rings is 1. The Labute approximate surface area is 199 Å². The third kappa shape index (κ3) is 5.79. The van der Waals surface area contributed by atoms with Crippen LogP contribution in [0.1, 0.15) is 35.8 Å². The summed E-state index contributed by atoms with van der Waals surface area (Å²) in [7, 11) is 0. The molecular formula is C25H31N7O2. The minimum atomic E-state index is -0.265. The van der Waals surface area contributed by atoms with E-state index < -0.39 is 0 Å². The normalized spacial score (nSPS) is 14.6. The van der Waals surface area contributed by atoms with E-state index in [1.165, 1.54) is 18.0 Å². The van der Waals surface area contributed by atoms with E-state index in [9.17, 15) is 4.79 Å². The molecule has 178 valence electrons. The topological polar surface area (TPSA) is 132 Å². The molecule has 1 aliphatic rings. The highest BCUT2D eigenvalue weighted by atomic mass is 16.5. The number of ether oxygens (including phenoxy) is 1. The molecule has 0 saturated carbocycles. The summed E-state index contributed by atoms with van der Waals surface area (Å²) in [5, 5.41) is 2.99. The van der Waals surface area contributed by atoms with Gasteiger partial charge in [0.1, 0.15) is 17.7 Å². The Bertz CT molecular complexity index is 1100. The third-order valence-electron chi connectivity index (χ3n) is 6.08. The van der Waals surface area contributed by atoms with Crippen molar-refractivity contribution in [2.75, 3.05) is 37.7 Å². The maximum Gasteiger partial charge on any atom is 0.270 e. The fourth-order valence-electron chi connectivity index (χ4n) is 4.10. The molecule has 3 aromatic rings. The first kappa shape index (κ1) is 23.4. The van der Waals surface area contributed by atoms with E-state index in [4.69, 9.17) is 16.2 Å². The van der Waals surface area contributed by atoms with Crippen LogP contribution in [-0.4, -0.2) is 52.0 Å². The number of benzene rings is 1. The summed E-state index contributed by atoms with van der Waals surface area (Å²) in [6.07, 6.45) is 7.24. The summed E-state index contributed by atoms with van der Waals surface area (Å²) >= 11 is 0. The molecule has 0 bridgehead atoms. The van der Waals surface area contributed by atoms with E-state index in [-0.39, 0.29) is 23.2 Å². The van der Waals surface area contributed by atoms with Gasteiger partial charge in [-0.3, -0.25) is 9.69 Å². The molecule has 2 aromatic heterocycles. The van der Waals surface area contributed by atoms with Crippen LogP contribution in [0, 0.1) is 5.92 Å². The van der Waals surface area contributed by atoms with E-state index in [1.807, 2.05) is 19.3 Å². The second kappa shape index (κ2) is 10.9. The molecule has 0 unspecified atom stereocenters. The molecule has 1 fully saturated rings. The zero-order chi connectivity index (χ0) is 23.9. The van der Waals surface area contributed by atoms with Gasteiger partial charge in [0, 0.05) is 31.0 Å². The lowest BCUT2D eigenvalue weighted by Crippen LogP contribution is -2.38. The van der Waals surface area contributed by atoms with Crippen molar-refractivity contribution in [3.63, 3.8) is 0 Å². The molecule has 0 aliphatic carbocycles. The Morgan fingerprint density at radius 1 is 1.12 bits per heavy atom. The van der Waals surface area contributed by atoms with Gasteiger partial charge in [0.2, 0.25) is 5.88 Å². The lowest BCUT2D eigenvalue weighted by atomic mass is 9.96. The number of carbonyl (C=O) groups excluding carboxylic acids is 1. The zero-order valence-corrected chi connectivity index (χ0v) is 19.4. The second-order valence-electron chi connectivity index (χ2n) is 8.50. The van der Waals surface area contributed by atoms with Gasteiger partial charge in [0.25, 0.3) is 5.91 Å². The Morgan fingerprint density at radius 3 is 2.50 bits per heavy atom. The van der Waals surface area contributed by atoms with Gasteiger partial charge in [0.15, 0.2) is 0 Å². The first-order valence-corrected chi connectivity index (χ1v) is 11.6. The van der Waals surface area contributed by atoms with Gasteiger partial charge < -0.3 is 21.5 Å². The number of anilines is 2. The number of nitrogens with two attached hydrogens (primary N) is 2. The molecule has 9 nitrogen and oxygen atoms in total. The van der Waals surface area contributed by atoms with E-state index in [1.54, 1.807) is 0 Å². The lowest BCUT2D eigenvalue weighted by molar-refractivity contribution is 0.0929. The van der Waals surface area contributed by atoms with E-state index >= 15 is 0 Å². The van der Waals surface area contributed by atoms with Crippen LogP contribution in [0.15, 0.2) is 49.1 Å². The van der Waals surface area contributed by atoms with Gasteiger partial charge in [-0.15, -0.1) is 0 Å². The van der Waals surface area contributed by atoms with Crippen molar-refractivity contribution in [3.8, 4) is 17.0 Å². The Kier molecular flexibility index (Phi) is 7.54. The molecule has 9 heteroatoms. The minimum Gasteiger partial charge on any atom is -0.476 e. The van der Waals surface area contributed by atoms with Gasteiger partial charge in [-0.1, -0.05) is 24.3 Å². The first-order chi connectivity index (χ1) is 16.5. The van der Waals surface area contributed by atoms with Crippen molar-refractivity contribution in [2.45, 2.75) is 26.3 Å². The first-order valence-electron chi connectivity index (χ1n) is 11.6. The van der Waals surface area contributed by atoms with Crippen LogP contribution in [0.25, 0.3) is 11.1 Å².